The Labute approximate surface area is 202 Å². The molecule has 5 nitrogen and oxygen atoms in total. The molecule has 0 radical (unpaired) electrons. The van der Waals surface area contributed by atoms with Crippen LogP contribution in [0.2, 0.25) is 5.02 Å². The van der Waals surface area contributed by atoms with Crippen molar-refractivity contribution < 1.29 is 19.1 Å². The Morgan fingerprint density at radius 1 is 0.939 bits per heavy atom. The van der Waals surface area contributed by atoms with Crippen molar-refractivity contribution in [2.24, 2.45) is 0 Å². The van der Waals surface area contributed by atoms with Crippen LogP contribution in [-0.2, 0) is 11.3 Å². The maximum Gasteiger partial charge on any atom is 0.293 e. The summed E-state index contributed by atoms with van der Waals surface area (Å²) in [5.74, 6) is 1.07. The van der Waals surface area contributed by atoms with Gasteiger partial charge in [-0.15, -0.1) is 0 Å². The van der Waals surface area contributed by atoms with Gasteiger partial charge in [-0.3, -0.25) is 14.5 Å². The summed E-state index contributed by atoms with van der Waals surface area (Å²) in [6.07, 6.45) is 1.69. The summed E-state index contributed by atoms with van der Waals surface area (Å²) in [5.41, 5.74) is 2.69. The van der Waals surface area contributed by atoms with E-state index in [9.17, 15) is 9.59 Å². The highest BCUT2D eigenvalue weighted by molar-refractivity contribution is 8.18. The fourth-order valence-electron chi connectivity index (χ4n) is 3.27. The van der Waals surface area contributed by atoms with Crippen molar-refractivity contribution in [3.05, 3.63) is 99.4 Å². The summed E-state index contributed by atoms with van der Waals surface area (Å²) in [6, 6.07) is 22.3. The van der Waals surface area contributed by atoms with Gasteiger partial charge < -0.3 is 9.47 Å². The Morgan fingerprint density at radius 2 is 1.70 bits per heavy atom. The molecule has 0 aliphatic carbocycles. The van der Waals surface area contributed by atoms with E-state index in [2.05, 4.69) is 0 Å². The number of thioether (sulfide) groups is 1. The van der Waals surface area contributed by atoms with Gasteiger partial charge in [0.05, 0.1) is 11.4 Å². The molecule has 3 aromatic rings. The van der Waals surface area contributed by atoms with Crippen LogP contribution in [0, 0.1) is 6.92 Å². The summed E-state index contributed by atoms with van der Waals surface area (Å²) < 4.78 is 11.6. The molecule has 0 saturated carbocycles. The third kappa shape index (κ3) is 5.97. The van der Waals surface area contributed by atoms with E-state index in [1.807, 2.05) is 61.5 Å². The fourth-order valence-corrected chi connectivity index (χ4v) is 4.31. The molecule has 0 N–H and O–H groups in total. The van der Waals surface area contributed by atoms with Crippen LogP contribution < -0.4 is 9.47 Å². The average molecular weight is 480 g/mol. The smallest absolute Gasteiger partial charge is 0.293 e. The number of amides is 2. The summed E-state index contributed by atoms with van der Waals surface area (Å²) >= 11 is 6.94. The molecule has 0 spiro atoms. The third-order valence-corrected chi connectivity index (χ3v) is 6.08. The van der Waals surface area contributed by atoms with Crippen molar-refractivity contribution >= 4 is 40.6 Å². The largest absolute Gasteiger partial charge is 0.490 e. The highest BCUT2D eigenvalue weighted by Gasteiger charge is 2.35. The van der Waals surface area contributed by atoms with Gasteiger partial charge in [-0.05, 0) is 60.7 Å². The molecule has 0 atom stereocenters. The van der Waals surface area contributed by atoms with E-state index in [-0.39, 0.29) is 17.7 Å². The summed E-state index contributed by atoms with van der Waals surface area (Å²) in [7, 11) is 0. The Kier molecular flexibility index (Phi) is 7.37. The van der Waals surface area contributed by atoms with Crippen molar-refractivity contribution in [3.8, 4) is 11.5 Å². The van der Waals surface area contributed by atoms with Crippen LogP contribution in [0.1, 0.15) is 16.7 Å². The van der Waals surface area contributed by atoms with Crippen LogP contribution in [0.3, 0.4) is 0 Å². The predicted octanol–water partition coefficient (Wildman–Crippen LogP) is 6.34. The first-order valence-corrected chi connectivity index (χ1v) is 11.6. The number of ether oxygens (including phenoxy) is 2. The van der Waals surface area contributed by atoms with Gasteiger partial charge in [0.1, 0.15) is 24.7 Å². The molecule has 1 heterocycles. The third-order valence-electron chi connectivity index (χ3n) is 4.94. The minimum atomic E-state index is -0.331. The van der Waals surface area contributed by atoms with E-state index in [1.54, 1.807) is 24.3 Å². The highest BCUT2D eigenvalue weighted by Crippen LogP contribution is 2.35. The highest BCUT2D eigenvalue weighted by atomic mass is 35.5. The van der Waals surface area contributed by atoms with Gasteiger partial charge in [-0.25, -0.2) is 0 Å². The Hall–Kier alpha value is -3.22. The fraction of sp³-hybridized carbons (Fsp3) is 0.154. The Balaban J connectivity index is 1.40. The zero-order valence-corrected chi connectivity index (χ0v) is 19.6. The maximum atomic E-state index is 12.9. The topological polar surface area (TPSA) is 55.8 Å². The van der Waals surface area contributed by atoms with Crippen molar-refractivity contribution in [1.29, 1.82) is 0 Å². The van der Waals surface area contributed by atoms with Crippen molar-refractivity contribution in [2.75, 3.05) is 13.2 Å². The van der Waals surface area contributed by atoms with Gasteiger partial charge in [0, 0.05) is 10.6 Å². The minimum absolute atomic E-state index is 0.178. The van der Waals surface area contributed by atoms with E-state index in [4.69, 9.17) is 21.1 Å². The van der Waals surface area contributed by atoms with E-state index in [1.165, 1.54) is 10.5 Å². The number of nitrogens with zero attached hydrogens (tertiary/aromatic N) is 1. The number of hydrogen-bond donors (Lipinski definition) is 0. The second-order valence-electron chi connectivity index (χ2n) is 7.45. The second-order valence-corrected chi connectivity index (χ2v) is 8.88. The van der Waals surface area contributed by atoms with Gasteiger partial charge in [0.2, 0.25) is 0 Å². The van der Waals surface area contributed by atoms with E-state index >= 15 is 0 Å². The van der Waals surface area contributed by atoms with Gasteiger partial charge in [-0.1, -0.05) is 59.6 Å². The average Bonchev–Trinajstić information content (AvgIpc) is 3.06. The van der Waals surface area contributed by atoms with Crippen molar-refractivity contribution in [3.63, 3.8) is 0 Å². The van der Waals surface area contributed by atoms with Crippen LogP contribution >= 0.6 is 23.4 Å². The number of benzene rings is 3. The van der Waals surface area contributed by atoms with E-state index in [0.29, 0.717) is 28.9 Å². The maximum absolute atomic E-state index is 12.9. The van der Waals surface area contributed by atoms with Crippen LogP contribution in [0.5, 0.6) is 11.5 Å². The first-order chi connectivity index (χ1) is 16.0. The monoisotopic (exact) mass is 479 g/mol. The minimum Gasteiger partial charge on any atom is -0.490 e. The zero-order valence-electron chi connectivity index (χ0n) is 18.0. The number of para-hydroxylation sites is 1. The second kappa shape index (κ2) is 10.6. The molecule has 3 aromatic carbocycles. The standard InChI is InChI=1S/C26H22ClNO4S/c1-18-9-11-22(12-10-18)31-13-14-32-23-8-3-2-6-20(23)16-24-25(29)28(26(30)33-24)17-19-5-4-7-21(27)15-19/h2-12,15-16H,13-14,17H2,1H3/b24-16-. The lowest BCUT2D eigenvalue weighted by molar-refractivity contribution is -0.123. The molecule has 2 amide bonds. The molecule has 7 heteroatoms. The SMILES string of the molecule is Cc1ccc(OCCOc2ccccc2/C=C2\SC(=O)N(Cc3cccc(Cl)c3)C2=O)cc1. The summed E-state index contributed by atoms with van der Waals surface area (Å²) in [6.45, 7) is 2.93. The number of halogens is 1. The van der Waals surface area contributed by atoms with Gasteiger partial charge in [-0.2, -0.15) is 0 Å². The molecular weight excluding hydrogens is 458 g/mol. The van der Waals surface area contributed by atoms with Crippen LogP contribution in [0.4, 0.5) is 4.79 Å². The molecule has 1 saturated heterocycles. The molecular formula is C26H22ClNO4S. The molecule has 1 aliphatic rings. The predicted molar refractivity (Wildman–Crippen MR) is 132 cm³/mol. The molecule has 0 aromatic heterocycles. The van der Waals surface area contributed by atoms with Crippen molar-refractivity contribution in [2.45, 2.75) is 13.5 Å². The molecule has 1 aliphatic heterocycles. The first kappa shape index (κ1) is 23.0. The number of carbonyl (C=O) groups is 2. The first-order valence-electron chi connectivity index (χ1n) is 10.4. The quantitative estimate of drug-likeness (QED) is 0.278. The number of rotatable bonds is 8. The van der Waals surface area contributed by atoms with Crippen LogP contribution in [-0.4, -0.2) is 29.3 Å². The molecule has 0 bridgehead atoms. The Morgan fingerprint density at radius 3 is 2.48 bits per heavy atom. The lowest BCUT2D eigenvalue weighted by atomic mass is 10.1. The lowest BCUT2D eigenvalue weighted by Crippen LogP contribution is -2.27. The zero-order chi connectivity index (χ0) is 23.2. The lowest BCUT2D eigenvalue weighted by Gasteiger charge is -2.13. The molecule has 168 valence electrons. The summed E-state index contributed by atoms with van der Waals surface area (Å²) in [5, 5.41) is 0.253. The van der Waals surface area contributed by atoms with Crippen LogP contribution in [0.25, 0.3) is 6.08 Å². The van der Waals surface area contributed by atoms with Gasteiger partial charge in [0.15, 0.2) is 0 Å². The normalized spacial score (nSPS) is 14.7. The Bertz CT molecular complexity index is 1190. The number of imide groups is 1. The molecule has 4 rings (SSSR count). The molecule has 0 unspecified atom stereocenters. The van der Waals surface area contributed by atoms with Gasteiger partial charge in [0.25, 0.3) is 11.1 Å². The number of aryl methyl sites for hydroxylation is 1. The number of carbonyl (C=O) groups excluding carboxylic acids is 2. The van der Waals surface area contributed by atoms with E-state index in [0.717, 1.165) is 28.6 Å². The summed E-state index contributed by atoms with van der Waals surface area (Å²) in [4.78, 5) is 26.9. The van der Waals surface area contributed by atoms with Gasteiger partial charge >= 0.3 is 0 Å². The van der Waals surface area contributed by atoms with E-state index < -0.39 is 0 Å². The molecule has 1 fully saturated rings. The van der Waals surface area contributed by atoms with Crippen molar-refractivity contribution in [1.82, 2.24) is 4.90 Å². The molecule has 33 heavy (non-hydrogen) atoms. The number of hydrogen-bond acceptors (Lipinski definition) is 5. The van der Waals surface area contributed by atoms with Crippen LogP contribution in [0.15, 0.2) is 77.7 Å².